The van der Waals surface area contributed by atoms with Crippen LogP contribution in [0.3, 0.4) is 0 Å². The fourth-order valence-electron chi connectivity index (χ4n) is 0.843. The second-order valence-corrected chi connectivity index (χ2v) is 2.36. The van der Waals surface area contributed by atoms with E-state index in [-0.39, 0.29) is 18.2 Å². The fourth-order valence-corrected chi connectivity index (χ4v) is 0.843. The van der Waals surface area contributed by atoms with E-state index in [1.165, 1.54) is 19.2 Å². The van der Waals surface area contributed by atoms with Crippen molar-refractivity contribution in [3.8, 4) is 5.75 Å². The van der Waals surface area contributed by atoms with Crippen LogP contribution >= 0.6 is 0 Å². The van der Waals surface area contributed by atoms with Gasteiger partial charge in [-0.2, -0.15) is 0 Å². The Morgan fingerprint density at radius 3 is 2.93 bits per heavy atom. The summed E-state index contributed by atoms with van der Waals surface area (Å²) in [6.45, 7) is -0.0300. The first kappa shape index (κ1) is 10.3. The lowest BCUT2D eigenvalue weighted by Gasteiger charge is -2.05. The van der Waals surface area contributed by atoms with Crippen LogP contribution < -0.4 is 4.74 Å². The summed E-state index contributed by atoms with van der Waals surface area (Å²) in [6, 6.07) is 3.91. The first-order valence-electron chi connectivity index (χ1n) is 3.74. The second kappa shape index (κ2) is 5.06. The van der Waals surface area contributed by atoms with Crippen molar-refractivity contribution in [3.05, 3.63) is 34.5 Å². The Hall–Kier alpha value is -1.78. The predicted octanol–water partition coefficient (Wildman–Crippen LogP) is 2.75. The maximum Gasteiger partial charge on any atom is 0.188 e. The molecule has 5 nitrogen and oxygen atoms in total. The van der Waals surface area contributed by atoms with Gasteiger partial charge >= 0.3 is 0 Å². The van der Waals surface area contributed by atoms with Gasteiger partial charge in [0.15, 0.2) is 18.4 Å². The van der Waals surface area contributed by atoms with Crippen molar-refractivity contribution in [2.24, 2.45) is 5.11 Å². The summed E-state index contributed by atoms with van der Waals surface area (Å²) in [6.07, 6.45) is 0. The lowest BCUT2D eigenvalue weighted by molar-refractivity contribution is 0.0483. The van der Waals surface area contributed by atoms with Crippen LogP contribution in [0.4, 0.5) is 10.1 Å². The highest BCUT2D eigenvalue weighted by Crippen LogP contribution is 2.22. The van der Waals surface area contributed by atoms with Gasteiger partial charge in [-0.05, 0) is 23.7 Å². The number of rotatable bonds is 4. The highest BCUT2D eigenvalue weighted by Gasteiger charge is 2.03. The van der Waals surface area contributed by atoms with E-state index in [4.69, 9.17) is 10.3 Å². The first-order chi connectivity index (χ1) is 6.77. The molecule has 6 heteroatoms. The molecular formula is C8H8FN3O2. The molecule has 0 saturated carbocycles. The molecule has 0 N–H and O–H groups in total. The summed E-state index contributed by atoms with van der Waals surface area (Å²) in [4.78, 5) is 2.53. The van der Waals surface area contributed by atoms with Crippen molar-refractivity contribution in [1.29, 1.82) is 0 Å². The van der Waals surface area contributed by atoms with E-state index in [1.807, 2.05) is 0 Å². The van der Waals surface area contributed by atoms with E-state index in [0.29, 0.717) is 0 Å². The maximum atomic E-state index is 13.1. The van der Waals surface area contributed by atoms with E-state index in [1.54, 1.807) is 0 Å². The average Bonchev–Trinajstić information content (AvgIpc) is 2.17. The SMILES string of the molecule is COCOc1ccc(N=[N+]=[N-])cc1F. The average molecular weight is 197 g/mol. The number of benzene rings is 1. The van der Waals surface area contributed by atoms with E-state index in [2.05, 4.69) is 14.8 Å². The molecule has 0 spiro atoms. The molecule has 0 unspecified atom stereocenters. The molecule has 0 bridgehead atoms. The van der Waals surface area contributed by atoms with Gasteiger partial charge in [0, 0.05) is 17.7 Å². The predicted molar refractivity (Wildman–Crippen MR) is 47.7 cm³/mol. The number of azide groups is 1. The standard InChI is InChI=1S/C8H8FN3O2/c1-13-5-14-8-3-2-6(11-12-10)4-7(8)9/h2-4H,5H2,1H3. The Balaban J connectivity index is 2.84. The number of nitrogens with zero attached hydrogens (tertiary/aromatic N) is 3. The number of hydrogen-bond donors (Lipinski definition) is 0. The van der Waals surface area contributed by atoms with Crippen molar-refractivity contribution in [2.45, 2.75) is 0 Å². The summed E-state index contributed by atoms with van der Waals surface area (Å²) in [5, 5.41) is 3.24. The van der Waals surface area contributed by atoms with E-state index >= 15 is 0 Å². The molecule has 0 aliphatic rings. The Bertz CT molecular complexity index is 364. The summed E-state index contributed by atoms with van der Waals surface area (Å²) in [7, 11) is 1.44. The zero-order valence-corrected chi connectivity index (χ0v) is 7.48. The van der Waals surface area contributed by atoms with Gasteiger partial charge in [-0.25, -0.2) is 4.39 Å². The largest absolute Gasteiger partial charge is 0.464 e. The van der Waals surface area contributed by atoms with Crippen LogP contribution in [0.5, 0.6) is 5.75 Å². The second-order valence-electron chi connectivity index (χ2n) is 2.36. The van der Waals surface area contributed by atoms with Crippen LogP contribution in [0.25, 0.3) is 10.4 Å². The Labute approximate surface area is 79.7 Å². The highest BCUT2D eigenvalue weighted by atomic mass is 19.1. The molecule has 74 valence electrons. The van der Waals surface area contributed by atoms with Gasteiger partial charge in [-0.3, -0.25) is 0 Å². The molecule has 1 aromatic rings. The summed E-state index contributed by atoms with van der Waals surface area (Å²) < 4.78 is 22.6. The van der Waals surface area contributed by atoms with Crippen LogP contribution in [0.1, 0.15) is 0 Å². The van der Waals surface area contributed by atoms with Crippen LogP contribution in [0.2, 0.25) is 0 Å². The molecule has 0 heterocycles. The Morgan fingerprint density at radius 1 is 1.57 bits per heavy atom. The van der Waals surface area contributed by atoms with Crippen molar-refractivity contribution in [1.82, 2.24) is 0 Å². The summed E-state index contributed by atoms with van der Waals surface area (Å²) in [5.41, 5.74) is 8.31. The van der Waals surface area contributed by atoms with E-state index in [0.717, 1.165) is 6.07 Å². The molecule has 0 fully saturated rings. The Morgan fingerprint density at radius 2 is 2.36 bits per heavy atom. The normalized spacial score (nSPS) is 9.29. The number of hydrogen-bond acceptors (Lipinski definition) is 3. The fraction of sp³-hybridized carbons (Fsp3) is 0.250. The van der Waals surface area contributed by atoms with Crippen molar-refractivity contribution in [2.75, 3.05) is 13.9 Å². The highest BCUT2D eigenvalue weighted by molar-refractivity contribution is 5.42. The van der Waals surface area contributed by atoms with Gasteiger partial charge in [0.05, 0.1) is 0 Å². The number of halogens is 1. The third kappa shape index (κ3) is 2.62. The van der Waals surface area contributed by atoms with Gasteiger partial charge in [-0.15, -0.1) is 0 Å². The van der Waals surface area contributed by atoms with Gasteiger partial charge in [-0.1, -0.05) is 5.11 Å². The smallest absolute Gasteiger partial charge is 0.188 e. The topological polar surface area (TPSA) is 67.2 Å². The van der Waals surface area contributed by atoms with Crippen molar-refractivity contribution >= 4 is 5.69 Å². The zero-order valence-electron chi connectivity index (χ0n) is 7.48. The molecule has 0 saturated heterocycles. The first-order valence-corrected chi connectivity index (χ1v) is 3.74. The lowest BCUT2D eigenvalue weighted by Crippen LogP contribution is -2.00. The molecular weight excluding hydrogens is 189 g/mol. The van der Waals surface area contributed by atoms with Crippen LogP contribution in [-0.2, 0) is 4.74 Å². The van der Waals surface area contributed by atoms with Gasteiger partial charge in [0.1, 0.15) is 0 Å². The van der Waals surface area contributed by atoms with Crippen LogP contribution in [0, 0.1) is 5.82 Å². The summed E-state index contributed by atoms with van der Waals surface area (Å²) in [5.74, 6) is -0.532. The molecule has 1 aromatic carbocycles. The molecule has 0 aliphatic carbocycles. The number of methoxy groups -OCH3 is 1. The minimum absolute atomic E-state index is 0.0300. The quantitative estimate of drug-likeness (QED) is 0.322. The Kier molecular flexibility index (Phi) is 3.72. The van der Waals surface area contributed by atoms with Crippen molar-refractivity contribution in [3.63, 3.8) is 0 Å². The summed E-state index contributed by atoms with van der Waals surface area (Å²) >= 11 is 0. The third-order valence-electron chi connectivity index (χ3n) is 1.41. The molecule has 0 atom stereocenters. The number of ether oxygens (including phenoxy) is 2. The molecule has 0 amide bonds. The van der Waals surface area contributed by atoms with E-state index in [9.17, 15) is 4.39 Å². The molecule has 14 heavy (non-hydrogen) atoms. The van der Waals surface area contributed by atoms with Gasteiger partial charge < -0.3 is 9.47 Å². The molecule has 0 radical (unpaired) electrons. The van der Waals surface area contributed by atoms with Gasteiger partial charge in [0.2, 0.25) is 0 Å². The minimum Gasteiger partial charge on any atom is -0.464 e. The van der Waals surface area contributed by atoms with Crippen LogP contribution in [0.15, 0.2) is 23.3 Å². The zero-order chi connectivity index (χ0) is 10.4. The third-order valence-corrected chi connectivity index (χ3v) is 1.41. The van der Waals surface area contributed by atoms with Gasteiger partial charge in [0.25, 0.3) is 0 Å². The minimum atomic E-state index is -0.591. The van der Waals surface area contributed by atoms with E-state index < -0.39 is 5.82 Å². The monoisotopic (exact) mass is 197 g/mol. The molecule has 0 aromatic heterocycles. The molecule has 1 rings (SSSR count). The van der Waals surface area contributed by atoms with Crippen LogP contribution in [-0.4, -0.2) is 13.9 Å². The maximum absolute atomic E-state index is 13.1. The lowest BCUT2D eigenvalue weighted by atomic mass is 10.3. The molecule has 0 aliphatic heterocycles. The van der Waals surface area contributed by atoms with Crippen molar-refractivity contribution < 1.29 is 13.9 Å².